The lowest BCUT2D eigenvalue weighted by Crippen LogP contribution is -2.50. The van der Waals surface area contributed by atoms with Gasteiger partial charge in [-0.2, -0.15) is 0 Å². The Labute approximate surface area is 89.3 Å². The smallest absolute Gasteiger partial charge is 0.235 e. The van der Waals surface area contributed by atoms with Crippen LogP contribution in [0.4, 0.5) is 0 Å². The average molecular weight is 211 g/mol. The molecule has 2 amide bonds. The van der Waals surface area contributed by atoms with E-state index in [4.69, 9.17) is 0 Å². The van der Waals surface area contributed by atoms with Gasteiger partial charge in [0, 0.05) is 6.42 Å². The number of hydrogen-bond acceptors (Lipinski definition) is 3. The third kappa shape index (κ3) is 1.67. The van der Waals surface area contributed by atoms with Crippen LogP contribution < -0.4 is 0 Å². The molecule has 0 radical (unpaired) electrons. The van der Waals surface area contributed by atoms with Gasteiger partial charge < -0.3 is 5.11 Å². The SMILES string of the molecule is CC1(C)CC(=O)N(CC2(O)CCC2)C1=O. The Bertz CT molecular complexity index is 318. The van der Waals surface area contributed by atoms with Crippen LogP contribution in [0, 0.1) is 5.41 Å². The molecule has 2 rings (SSSR count). The second-order valence-electron chi connectivity index (χ2n) is 5.42. The molecule has 15 heavy (non-hydrogen) atoms. The zero-order valence-electron chi connectivity index (χ0n) is 9.25. The second kappa shape index (κ2) is 3.04. The van der Waals surface area contributed by atoms with E-state index in [-0.39, 0.29) is 24.8 Å². The van der Waals surface area contributed by atoms with E-state index in [2.05, 4.69) is 0 Å². The van der Waals surface area contributed by atoms with Gasteiger partial charge in [-0.05, 0) is 19.3 Å². The lowest BCUT2D eigenvalue weighted by atomic mass is 9.80. The van der Waals surface area contributed by atoms with Crippen molar-refractivity contribution in [2.24, 2.45) is 5.41 Å². The van der Waals surface area contributed by atoms with Crippen molar-refractivity contribution >= 4 is 11.8 Å². The highest BCUT2D eigenvalue weighted by molar-refractivity contribution is 6.05. The normalized spacial score (nSPS) is 28.1. The molecule has 1 N–H and O–H groups in total. The van der Waals surface area contributed by atoms with Crippen molar-refractivity contribution in [2.45, 2.75) is 45.1 Å². The number of hydrogen-bond donors (Lipinski definition) is 1. The minimum absolute atomic E-state index is 0.146. The van der Waals surface area contributed by atoms with Gasteiger partial charge in [-0.1, -0.05) is 13.8 Å². The number of likely N-dealkylation sites (tertiary alicyclic amines) is 1. The summed E-state index contributed by atoms with van der Waals surface area (Å²) in [6, 6.07) is 0. The first-order valence-electron chi connectivity index (χ1n) is 5.41. The predicted molar refractivity (Wildman–Crippen MR) is 53.9 cm³/mol. The topological polar surface area (TPSA) is 57.6 Å². The van der Waals surface area contributed by atoms with Crippen molar-refractivity contribution in [3.05, 3.63) is 0 Å². The van der Waals surface area contributed by atoms with Gasteiger partial charge in [0.1, 0.15) is 0 Å². The van der Waals surface area contributed by atoms with Crippen molar-refractivity contribution in [1.29, 1.82) is 0 Å². The van der Waals surface area contributed by atoms with Gasteiger partial charge >= 0.3 is 0 Å². The zero-order chi connectivity index (χ0) is 11.3. The Morgan fingerprint density at radius 1 is 1.33 bits per heavy atom. The molecule has 1 saturated carbocycles. The summed E-state index contributed by atoms with van der Waals surface area (Å²) in [6.07, 6.45) is 2.65. The molecule has 2 aliphatic rings. The lowest BCUT2D eigenvalue weighted by molar-refractivity contribution is -0.148. The van der Waals surface area contributed by atoms with E-state index in [1.54, 1.807) is 13.8 Å². The van der Waals surface area contributed by atoms with Gasteiger partial charge in [-0.25, -0.2) is 0 Å². The van der Waals surface area contributed by atoms with Gasteiger partial charge in [-0.3, -0.25) is 14.5 Å². The van der Waals surface area contributed by atoms with Crippen molar-refractivity contribution in [2.75, 3.05) is 6.54 Å². The fourth-order valence-corrected chi connectivity index (χ4v) is 2.23. The molecular formula is C11H17NO3. The van der Waals surface area contributed by atoms with Gasteiger partial charge in [0.05, 0.1) is 17.6 Å². The minimum Gasteiger partial charge on any atom is -0.388 e. The van der Waals surface area contributed by atoms with Gasteiger partial charge in [-0.15, -0.1) is 0 Å². The first-order chi connectivity index (χ1) is 6.84. The number of rotatable bonds is 2. The summed E-state index contributed by atoms with van der Waals surface area (Å²) in [6.45, 7) is 3.74. The van der Waals surface area contributed by atoms with Gasteiger partial charge in [0.25, 0.3) is 0 Å². The molecule has 0 spiro atoms. The number of nitrogens with zero attached hydrogens (tertiary/aromatic N) is 1. The monoisotopic (exact) mass is 211 g/mol. The summed E-state index contributed by atoms with van der Waals surface area (Å²) in [5.41, 5.74) is -1.39. The maximum Gasteiger partial charge on any atom is 0.235 e. The van der Waals surface area contributed by atoms with Crippen LogP contribution in [0.2, 0.25) is 0 Å². The Kier molecular flexibility index (Phi) is 2.15. The number of amides is 2. The maximum absolute atomic E-state index is 11.8. The fraction of sp³-hybridized carbons (Fsp3) is 0.818. The first kappa shape index (κ1) is 10.6. The molecule has 4 nitrogen and oxygen atoms in total. The van der Waals surface area contributed by atoms with Crippen molar-refractivity contribution < 1.29 is 14.7 Å². The first-order valence-corrected chi connectivity index (χ1v) is 5.41. The highest BCUT2D eigenvalue weighted by atomic mass is 16.3. The van der Waals surface area contributed by atoms with E-state index in [1.165, 1.54) is 4.90 Å². The fourth-order valence-electron chi connectivity index (χ4n) is 2.23. The Morgan fingerprint density at radius 3 is 2.27 bits per heavy atom. The van der Waals surface area contributed by atoms with Crippen LogP contribution in [-0.4, -0.2) is 34.0 Å². The number of β-amino-alcohol motifs (C(OH)–C–C–N with tert-alkyl or cyclic N) is 1. The summed E-state index contributed by atoms with van der Waals surface area (Å²) in [5, 5.41) is 9.93. The predicted octanol–water partition coefficient (Wildman–Crippen LogP) is 0.686. The summed E-state index contributed by atoms with van der Waals surface area (Å²) >= 11 is 0. The molecule has 1 heterocycles. The molecule has 0 unspecified atom stereocenters. The Balaban J connectivity index is 2.10. The standard InChI is InChI=1S/C11H17NO3/c1-10(2)6-8(13)12(9(10)14)7-11(15)4-3-5-11/h15H,3-7H2,1-2H3. The van der Waals surface area contributed by atoms with Crippen molar-refractivity contribution in [1.82, 2.24) is 4.90 Å². The molecule has 1 saturated heterocycles. The van der Waals surface area contributed by atoms with E-state index in [0.717, 1.165) is 6.42 Å². The van der Waals surface area contributed by atoms with Crippen LogP contribution in [0.15, 0.2) is 0 Å². The molecular weight excluding hydrogens is 194 g/mol. The second-order valence-corrected chi connectivity index (χ2v) is 5.42. The third-order valence-corrected chi connectivity index (χ3v) is 3.46. The zero-order valence-corrected chi connectivity index (χ0v) is 9.25. The minimum atomic E-state index is -0.800. The molecule has 1 aliphatic heterocycles. The van der Waals surface area contributed by atoms with E-state index < -0.39 is 11.0 Å². The summed E-state index contributed by atoms with van der Waals surface area (Å²) in [5.74, 6) is -0.293. The number of carbonyl (C=O) groups excluding carboxylic acids is 2. The molecule has 0 aromatic carbocycles. The van der Waals surface area contributed by atoms with E-state index in [1.807, 2.05) is 0 Å². The van der Waals surface area contributed by atoms with Crippen LogP contribution in [0.3, 0.4) is 0 Å². The van der Waals surface area contributed by atoms with E-state index in [9.17, 15) is 14.7 Å². The maximum atomic E-state index is 11.8. The van der Waals surface area contributed by atoms with Crippen LogP contribution in [-0.2, 0) is 9.59 Å². The van der Waals surface area contributed by atoms with Crippen LogP contribution in [0.1, 0.15) is 39.5 Å². The average Bonchev–Trinajstić information content (AvgIpc) is 2.25. The molecule has 4 heteroatoms. The van der Waals surface area contributed by atoms with Crippen molar-refractivity contribution in [3.8, 4) is 0 Å². The number of imide groups is 1. The van der Waals surface area contributed by atoms with Crippen LogP contribution in [0.25, 0.3) is 0 Å². The summed E-state index contributed by atoms with van der Waals surface area (Å²) in [4.78, 5) is 24.7. The van der Waals surface area contributed by atoms with Crippen molar-refractivity contribution in [3.63, 3.8) is 0 Å². The van der Waals surface area contributed by atoms with Gasteiger partial charge in [0.2, 0.25) is 11.8 Å². The van der Waals surface area contributed by atoms with Crippen LogP contribution >= 0.6 is 0 Å². The van der Waals surface area contributed by atoms with Crippen LogP contribution in [0.5, 0.6) is 0 Å². The number of carbonyl (C=O) groups is 2. The summed E-state index contributed by atoms with van der Waals surface area (Å²) < 4.78 is 0. The highest BCUT2D eigenvalue weighted by Crippen LogP contribution is 2.37. The largest absolute Gasteiger partial charge is 0.388 e. The van der Waals surface area contributed by atoms with E-state index >= 15 is 0 Å². The van der Waals surface area contributed by atoms with Gasteiger partial charge in [0.15, 0.2) is 0 Å². The number of aliphatic hydroxyl groups is 1. The molecule has 2 fully saturated rings. The Hall–Kier alpha value is -0.900. The molecule has 0 bridgehead atoms. The highest BCUT2D eigenvalue weighted by Gasteiger charge is 2.48. The molecule has 1 aliphatic carbocycles. The lowest BCUT2D eigenvalue weighted by Gasteiger charge is -2.39. The Morgan fingerprint density at radius 2 is 1.93 bits per heavy atom. The third-order valence-electron chi connectivity index (χ3n) is 3.46. The molecule has 84 valence electrons. The summed E-state index contributed by atoms with van der Waals surface area (Å²) in [7, 11) is 0. The van der Waals surface area contributed by atoms with E-state index in [0.29, 0.717) is 12.8 Å². The molecule has 0 aromatic heterocycles. The quantitative estimate of drug-likeness (QED) is 0.683. The molecule has 0 atom stereocenters. The molecule has 0 aromatic rings.